The Hall–Kier alpha value is -2.99. The summed E-state index contributed by atoms with van der Waals surface area (Å²) in [5.41, 5.74) is 2.25. The Morgan fingerprint density at radius 2 is 1.57 bits per heavy atom. The number of likely N-dealkylation sites (N-methyl/N-ethyl adjacent to an activating group) is 1. The first-order chi connectivity index (χ1) is 13.5. The van der Waals surface area contributed by atoms with Crippen molar-refractivity contribution in [2.45, 2.75) is 6.42 Å². The molecule has 0 N–H and O–H groups in total. The van der Waals surface area contributed by atoms with Crippen LogP contribution in [0.3, 0.4) is 0 Å². The van der Waals surface area contributed by atoms with Crippen molar-refractivity contribution in [3.05, 3.63) is 70.8 Å². The molecular formula is C22H23N3O3. The van der Waals surface area contributed by atoms with E-state index in [1.54, 1.807) is 23.1 Å². The molecule has 6 nitrogen and oxygen atoms in total. The van der Waals surface area contributed by atoms with E-state index in [1.807, 2.05) is 37.4 Å². The van der Waals surface area contributed by atoms with Gasteiger partial charge in [0.15, 0.2) is 0 Å². The lowest BCUT2D eigenvalue weighted by atomic mass is 10.0. The van der Waals surface area contributed by atoms with Crippen molar-refractivity contribution in [2.24, 2.45) is 0 Å². The third-order valence-electron chi connectivity index (χ3n) is 5.48. The van der Waals surface area contributed by atoms with Crippen molar-refractivity contribution in [3.63, 3.8) is 0 Å². The lowest BCUT2D eigenvalue weighted by Gasteiger charge is -2.32. The summed E-state index contributed by atoms with van der Waals surface area (Å²) in [4.78, 5) is 43.5. The number of carbonyl (C=O) groups is 3. The average Bonchev–Trinajstić information content (AvgIpc) is 2.97. The molecule has 2 aromatic carbocycles. The van der Waals surface area contributed by atoms with Crippen molar-refractivity contribution in [3.8, 4) is 0 Å². The summed E-state index contributed by atoms with van der Waals surface area (Å²) in [6.07, 6.45) is 0.611. The topological polar surface area (TPSA) is 60.9 Å². The van der Waals surface area contributed by atoms with Crippen molar-refractivity contribution in [2.75, 3.05) is 39.8 Å². The highest BCUT2D eigenvalue weighted by Gasteiger charge is 2.36. The van der Waals surface area contributed by atoms with E-state index < -0.39 is 0 Å². The van der Waals surface area contributed by atoms with Gasteiger partial charge < -0.3 is 9.80 Å². The van der Waals surface area contributed by atoms with E-state index in [0.29, 0.717) is 42.7 Å². The van der Waals surface area contributed by atoms with Gasteiger partial charge in [-0.2, -0.15) is 0 Å². The Balaban J connectivity index is 1.50. The van der Waals surface area contributed by atoms with Crippen molar-refractivity contribution in [1.82, 2.24) is 14.7 Å². The van der Waals surface area contributed by atoms with Gasteiger partial charge in [-0.25, -0.2) is 0 Å². The Morgan fingerprint density at radius 3 is 2.29 bits per heavy atom. The Morgan fingerprint density at radius 1 is 0.893 bits per heavy atom. The molecule has 144 valence electrons. The maximum Gasteiger partial charge on any atom is 0.261 e. The molecule has 2 aliphatic rings. The van der Waals surface area contributed by atoms with Crippen molar-refractivity contribution < 1.29 is 14.4 Å². The molecule has 2 aliphatic heterocycles. The molecule has 1 saturated heterocycles. The molecule has 0 aliphatic carbocycles. The van der Waals surface area contributed by atoms with Crippen LogP contribution in [0.4, 0.5) is 0 Å². The fourth-order valence-electron chi connectivity index (χ4n) is 3.70. The number of amides is 3. The molecule has 0 unspecified atom stereocenters. The second-order valence-corrected chi connectivity index (χ2v) is 7.35. The van der Waals surface area contributed by atoms with Gasteiger partial charge in [0.05, 0.1) is 11.1 Å². The molecule has 2 heterocycles. The molecule has 4 rings (SSSR count). The van der Waals surface area contributed by atoms with Gasteiger partial charge in [-0.15, -0.1) is 0 Å². The number of hydrogen-bond donors (Lipinski definition) is 0. The molecule has 0 saturated carbocycles. The van der Waals surface area contributed by atoms with Gasteiger partial charge in [0, 0.05) is 38.3 Å². The third-order valence-corrected chi connectivity index (χ3v) is 5.48. The molecular weight excluding hydrogens is 354 g/mol. The zero-order valence-electron chi connectivity index (χ0n) is 15.9. The first-order valence-electron chi connectivity index (χ1n) is 9.56. The van der Waals surface area contributed by atoms with E-state index in [2.05, 4.69) is 4.90 Å². The number of piperazine rings is 1. The molecule has 0 aromatic heterocycles. The molecule has 0 spiro atoms. The normalized spacial score (nSPS) is 17.2. The fourth-order valence-corrected chi connectivity index (χ4v) is 3.70. The monoisotopic (exact) mass is 377 g/mol. The predicted octanol–water partition coefficient (Wildman–Crippen LogP) is 1.91. The number of benzene rings is 2. The highest BCUT2D eigenvalue weighted by molar-refractivity contribution is 6.22. The lowest BCUT2D eigenvalue weighted by molar-refractivity contribution is 0.0652. The minimum absolute atomic E-state index is 0.0844. The van der Waals surface area contributed by atoms with Crippen LogP contribution in [0.1, 0.15) is 36.6 Å². The van der Waals surface area contributed by atoms with Crippen LogP contribution in [-0.4, -0.2) is 72.2 Å². The number of carbonyl (C=O) groups excluding carboxylic acids is 3. The quantitative estimate of drug-likeness (QED) is 0.764. The van der Waals surface area contributed by atoms with Gasteiger partial charge in [-0.1, -0.05) is 30.3 Å². The standard InChI is InChI=1S/C22H23N3O3/c1-23-11-13-24(14-12-23)20(26)17-7-8-18-19(15-17)22(28)25(21(18)27)10-9-16-5-3-2-4-6-16/h2-8,15H,9-14H2,1H3. The summed E-state index contributed by atoms with van der Waals surface area (Å²) in [7, 11) is 2.03. The van der Waals surface area contributed by atoms with Gasteiger partial charge in [0.1, 0.15) is 0 Å². The number of rotatable bonds is 4. The number of fused-ring (bicyclic) bond motifs is 1. The van der Waals surface area contributed by atoms with Crippen LogP contribution in [0.2, 0.25) is 0 Å². The van der Waals surface area contributed by atoms with Crippen LogP contribution >= 0.6 is 0 Å². The van der Waals surface area contributed by atoms with Crippen LogP contribution in [-0.2, 0) is 6.42 Å². The van der Waals surface area contributed by atoms with Crippen LogP contribution < -0.4 is 0 Å². The predicted molar refractivity (Wildman–Crippen MR) is 105 cm³/mol. The second-order valence-electron chi connectivity index (χ2n) is 7.35. The Kier molecular flexibility index (Phi) is 4.96. The Bertz CT molecular complexity index is 918. The Labute approximate surface area is 164 Å². The minimum Gasteiger partial charge on any atom is -0.336 e. The summed E-state index contributed by atoms with van der Waals surface area (Å²) in [6, 6.07) is 14.6. The van der Waals surface area contributed by atoms with Crippen LogP contribution in [0, 0.1) is 0 Å². The fraction of sp³-hybridized carbons (Fsp3) is 0.318. The molecule has 2 aromatic rings. The van der Waals surface area contributed by atoms with Crippen molar-refractivity contribution >= 4 is 17.7 Å². The minimum atomic E-state index is -0.316. The summed E-state index contributed by atoms with van der Waals surface area (Å²) in [5, 5.41) is 0. The van der Waals surface area contributed by atoms with E-state index in [-0.39, 0.29) is 17.7 Å². The first kappa shape index (κ1) is 18.4. The summed E-state index contributed by atoms with van der Waals surface area (Å²) >= 11 is 0. The maximum absolute atomic E-state index is 12.8. The van der Waals surface area contributed by atoms with E-state index in [0.717, 1.165) is 18.7 Å². The molecule has 3 amide bonds. The van der Waals surface area contributed by atoms with Gasteiger partial charge >= 0.3 is 0 Å². The van der Waals surface area contributed by atoms with E-state index in [1.165, 1.54) is 4.90 Å². The largest absolute Gasteiger partial charge is 0.336 e. The summed E-state index contributed by atoms with van der Waals surface area (Å²) in [5.74, 6) is -0.683. The first-order valence-corrected chi connectivity index (χ1v) is 9.56. The SMILES string of the molecule is CN1CCN(C(=O)c2ccc3c(c2)C(=O)N(CCc2ccccc2)C3=O)CC1. The summed E-state index contributed by atoms with van der Waals surface area (Å²) < 4.78 is 0. The highest BCUT2D eigenvalue weighted by Crippen LogP contribution is 2.25. The highest BCUT2D eigenvalue weighted by atomic mass is 16.2. The zero-order valence-corrected chi connectivity index (χ0v) is 15.9. The molecule has 6 heteroatoms. The van der Waals surface area contributed by atoms with E-state index >= 15 is 0 Å². The molecule has 0 radical (unpaired) electrons. The van der Waals surface area contributed by atoms with Gasteiger partial charge in [-0.05, 0) is 37.2 Å². The zero-order chi connectivity index (χ0) is 19.7. The van der Waals surface area contributed by atoms with E-state index in [4.69, 9.17) is 0 Å². The maximum atomic E-state index is 12.8. The van der Waals surface area contributed by atoms with Gasteiger partial charge in [0.25, 0.3) is 17.7 Å². The second kappa shape index (κ2) is 7.56. The van der Waals surface area contributed by atoms with Crippen LogP contribution in [0.25, 0.3) is 0 Å². The number of nitrogens with zero attached hydrogens (tertiary/aromatic N) is 3. The summed E-state index contributed by atoms with van der Waals surface area (Å²) in [6.45, 7) is 3.34. The lowest BCUT2D eigenvalue weighted by Crippen LogP contribution is -2.47. The number of imide groups is 1. The molecule has 0 atom stereocenters. The smallest absolute Gasteiger partial charge is 0.261 e. The van der Waals surface area contributed by atoms with E-state index in [9.17, 15) is 14.4 Å². The average molecular weight is 377 g/mol. The van der Waals surface area contributed by atoms with Gasteiger partial charge in [0.2, 0.25) is 0 Å². The molecule has 1 fully saturated rings. The van der Waals surface area contributed by atoms with Crippen LogP contribution in [0.5, 0.6) is 0 Å². The third kappa shape index (κ3) is 3.43. The van der Waals surface area contributed by atoms with Crippen LogP contribution in [0.15, 0.2) is 48.5 Å². The molecule has 0 bridgehead atoms. The molecule has 28 heavy (non-hydrogen) atoms. The number of hydrogen-bond acceptors (Lipinski definition) is 4. The van der Waals surface area contributed by atoms with Crippen molar-refractivity contribution in [1.29, 1.82) is 0 Å². The van der Waals surface area contributed by atoms with Gasteiger partial charge in [-0.3, -0.25) is 19.3 Å².